The van der Waals surface area contributed by atoms with E-state index in [9.17, 15) is 19.8 Å². The van der Waals surface area contributed by atoms with Crippen LogP contribution in [0, 0.1) is 11.3 Å². The number of hydrogen-bond donors (Lipinski definition) is 0. The molecule has 0 spiro atoms. The highest BCUT2D eigenvalue weighted by molar-refractivity contribution is 5.98. The van der Waals surface area contributed by atoms with Crippen molar-refractivity contribution in [2.24, 2.45) is 11.3 Å². The SMILES string of the molecule is CC(C)(C)/C(C(=O)[O-])=C(\C(=O)[O-])C1CCCCC1. The van der Waals surface area contributed by atoms with E-state index in [4.69, 9.17) is 0 Å². The molecule has 0 aromatic rings. The van der Waals surface area contributed by atoms with Gasteiger partial charge in [-0.2, -0.15) is 0 Å². The maximum Gasteiger partial charge on any atom is 0.0683 e. The van der Waals surface area contributed by atoms with Gasteiger partial charge in [0.15, 0.2) is 0 Å². The summed E-state index contributed by atoms with van der Waals surface area (Å²) in [5, 5.41) is 22.6. The average molecular weight is 252 g/mol. The third-order valence-corrected chi connectivity index (χ3v) is 3.46. The largest absolute Gasteiger partial charge is 0.545 e. The molecule has 0 radical (unpaired) electrons. The highest BCUT2D eigenvalue weighted by Gasteiger charge is 2.28. The maximum absolute atomic E-state index is 11.3. The van der Waals surface area contributed by atoms with E-state index in [2.05, 4.69) is 0 Å². The van der Waals surface area contributed by atoms with Gasteiger partial charge in [0, 0.05) is 0 Å². The van der Waals surface area contributed by atoms with Crippen LogP contribution in [0.1, 0.15) is 52.9 Å². The first-order valence-electron chi connectivity index (χ1n) is 6.42. The van der Waals surface area contributed by atoms with Crippen LogP contribution < -0.4 is 10.2 Å². The minimum Gasteiger partial charge on any atom is -0.545 e. The first-order chi connectivity index (χ1) is 8.25. The molecule has 0 atom stereocenters. The Bertz CT molecular complexity index is 368. The van der Waals surface area contributed by atoms with Crippen molar-refractivity contribution >= 4 is 11.9 Å². The minimum atomic E-state index is -1.40. The molecule has 1 saturated carbocycles. The molecule has 0 heterocycles. The third-order valence-electron chi connectivity index (χ3n) is 3.46. The predicted octanol–water partition coefficient (Wildman–Crippen LogP) is 0.409. The molecular formula is C14H20O4-2. The monoisotopic (exact) mass is 252 g/mol. The van der Waals surface area contributed by atoms with E-state index in [1.165, 1.54) is 0 Å². The van der Waals surface area contributed by atoms with Gasteiger partial charge in [-0.15, -0.1) is 0 Å². The van der Waals surface area contributed by atoms with Crippen molar-refractivity contribution < 1.29 is 19.8 Å². The fraction of sp³-hybridized carbons (Fsp3) is 0.714. The second-order valence-electron chi connectivity index (χ2n) is 5.95. The highest BCUT2D eigenvalue weighted by atomic mass is 16.4. The Morgan fingerprint density at radius 1 is 0.944 bits per heavy atom. The molecule has 0 bridgehead atoms. The molecule has 1 aliphatic rings. The summed E-state index contributed by atoms with van der Waals surface area (Å²) in [6, 6.07) is 0. The Hall–Kier alpha value is -1.32. The van der Waals surface area contributed by atoms with Crippen molar-refractivity contribution in [2.45, 2.75) is 52.9 Å². The summed E-state index contributed by atoms with van der Waals surface area (Å²) in [6.07, 6.45) is 4.39. The standard InChI is InChI=1S/C14H22O4/c1-14(2,3)11(13(17)18)10(12(15)16)9-7-5-4-6-8-9/h9H,4-8H2,1-3H3,(H,15,16)(H,17,18)/p-2/b11-10-. The van der Waals surface area contributed by atoms with Gasteiger partial charge in [-0.1, -0.05) is 40.0 Å². The molecule has 18 heavy (non-hydrogen) atoms. The summed E-state index contributed by atoms with van der Waals surface area (Å²) in [6.45, 7) is 5.05. The third kappa shape index (κ3) is 3.34. The van der Waals surface area contributed by atoms with Crippen LogP contribution in [-0.4, -0.2) is 11.9 Å². The van der Waals surface area contributed by atoms with Gasteiger partial charge in [0.05, 0.1) is 11.9 Å². The topological polar surface area (TPSA) is 80.3 Å². The minimum absolute atomic E-state index is 0.0535. The lowest BCUT2D eigenvalue weighted by atomic mass is 9.75. The fourth-order valence-electron chi connectivity index (χ4n) is 2.68. The fourth-order valence-corrected chi connectivity index (χ4v) is 2.68. The van der Waals surface area contributed by atoms with Gasteiger partial charge in [-0.25, -0.2) is 0 Å². The van der Waals surface area contributed by atoms with E-state index in [-0.39, 0.29) is 17.1 Å². The zero-order chi connectivity index (χ0) is 13.9. The number of carbonyl (C=O) groups is 2. The zero-order valence-corrected chi connectivity index (χ0v) is 11.2. The van der Waals surface area contributed by atoms with Crippen LogP contribution in [0.3, 0.4) is 0 Å². The lowest BCUT2D eigenvalue weighted by Crippen LogP contribution is -2.39. The van der Waals surface area contributed by atoms with E-state index >= 15 is 0 Å². The molecule has 0 aromatic carbocycles. The van der Waals surface area contributed by atoms with Gasteiger partial charge in [0.25, 0.3) is 0 Å². The Labute approximate surface area is 108 Å². The van der Waals surface area contributed by atoms with Crippen molar-refractivity contribution in [2.75, 3.05) is 0 Å². The van der Waals surface area contributed by atoms with Crippen molar-refractivity contribution in [3.8, 4) is 0 Å². The van der Waals surface area contributed by atoms with Crippen LogP contribution in [-0.2, 0) is 9.59 Å². The summed E-state index contributed by atoms with van der Waals surface area (Å²) in [5.74, 6) is -2.97. The van der Waals surface area contributed by atoms with Crippen LogP contribution in [0.5, 0.6) is 0 Å². The lowest BCUT2D eigenvalue weighted by molar-refractivity contribution is -0.305. The van der Waals surface area contributed by atoms with Crippen molar-refractivity contribution in [3.63, 3.8) is 0 Å². The van der Waals surface area contributed by atoms with E-state index in [1.807, 2.05) is 0 Å². The number of hydrogen-bond acceptors (Lipinski definition) is 4. The Morgan fingerprint density at radius 3 is 1.78 bits per heavy atom. The van der Waals surface area contributed by atoms with Gasteiger partial charge < -0.3 is 19.8 Å². The van der Waals surface area contributed by atoms with Crippen molar-refractivity contribution in [1.82, 2.24) is 0 Å². The quantitative estimate of drug-likeness (QED) is 0.681. The van der Waals surface area contributed by atoms with Crippen LogP contribution in [0.25, 0.3) is 0 Å². The van der Waals surface area contributed by atoms with E-state index in [0.29, 0.717) is 0 Å². The number of aliphatic carboxylic acids is 2. The normalized spacial score (nSPS) is 19.3. The van der Waals surface area contributed by atoms with E-state index in [1.54, 1.807) is 20.8 Å². The first-order valence-corrected chi connectivity index (χ1v) is 6.42. The molecule has 102 valence electrons. The second kappa shape index (κ2) is 5.55. The molecule has 4 heteroatoms. The molecule has 0 saturated heterocycles. The van der Waals surface area contributed by atoms with Crippen molar-refractivity contribution in [1.29, 1.82) is 0 Å². The summed E-state index contributed by atoms with van der Waals surface area (Å²) >= 11 is 0. The molecule has 1 fully saturated rings. The maximum atomic E-state index is 11.3. The molecule has 4 nitrogen and oxygen atoms in total. The number of carboxylic acids is 2. The molecule has 0 amide bonds. The Morgan fingerprint density at radius 2 is 1.44 bits per heavy atom. The number of carboxylic acid groups (broad SMARTS) is 2. The highest BCUT2D eigenvalue weighted by Crippen LogP contribution is 2.36. The average Bonchev–Trinajstić information content (AvgIpc) is 2.24. The van der Waals surface area contributed by atoms with Crippen LogP contribution >= 0.6 is 0 Å². The summed E-state index contributed by atoms with van der Waals surface area (Å²) in [7, 11) is 0. The zero-order valence-electron chi connectivity index (χ0n) is 11.2. The molecule has 0 aliphatic heterocycles. The van der Waals surface area contributed by atoms with Crippen molar-refractivity contribution in [3.05, 3.63) is 11.1 Å². The lowest BCUT2D eigenvalue weighted by Gasteiger charge is -2.33. The van der Waals surface area contributed by atoms with Gasteiger partial charge in [0.2, 0.25) is 0 Å². The Balaban J connectivity index is 3.28. The van der Waals surface area contributed by atoms with Gasteiger partial charge in [-0.05, 0) is 35.3 Å². The number of rotatable bonds is 3. The van der Waals surface area contributed by atoms with Gasteiger partial charge in [-0.3, -0.25) is 0 Å². The number of carbonyl (C=O) groups excluding carboxylic acids is 2. The molecule has 1 rings (SSSR count). The smallest absolute Gasteiger partial charge is 0.0683 e. The summed E-state index contributed by atoms with van der Waals surface area (Å²) < 4.78 is 0. The molecular weight excluding hydrogens is 232 g/mol. The molecule has 1 aliphatic carbocycles. The van der Waals surface area contributed by atoms with Crippen LogP contribution in [0.15, 0.2) is 11.1 Å². The van der Waals surface area contributed by atoms with E-state index in [0.717, 1.165) is 32.1 Å². The van der Waals surface area contributed by atoms with Crippen LogP contribution in [0.4, 0.5) is 0 Å². The molecule has 0 unspecified atom stereocenters. The molecule has 0 aromatic heterocycles. The Kier molecular flexibility index (Phi) is 4.54. The second-order valence-corrected chi connectivity index (χ2v) is 5.95. The van der Waals surface area contributed by atoms with Gasteiger partial charge >= 0.3 is 0 Å². The molecule has 0 N–H and O–H groups in total. The summed E-state index contributed by atoms with van der Waals surface area (Å²) in [4.78, 5) is 22.6. The van der Waals surface area contributed by atoms with E-state index < -0.39 is 17.4 Å². The van der Waals surface area contributed by atoms with Gasteiger partial charge in [0.1, 0.15) is 0 Å². The summed E-state index contributed by atoms with van der Waals surface area (Å²) in [5.41, 5.74) is -0.928. The van der Waals surface area contributed by atoms with Crippen LogP contribution in [0.2, 0.25) is 0 Å². The predicted molar refractivity (Wildman–Crippen MR) is 63.1 cm³/mol. The first kappa shape index (κ1) is 14.7.